The Bertz CT molecular complexity index is 987. The van der Waals surface area contributed by atoms with Gasteiger partial charge in [-0.1, -0.05) is 30.3 Å². The van der Waals surface area contributed by atoms with Crippen LogP contribution in [-0.2, 0) is 0 Å². The minimum Gasteiger partial charge on any atom is -0.324 e. The number of fused-ring (bicyclic) bond motifs is 3. The number of hydrogen-bond donors (Lipinski definition) is 2. The van der Waals surface area contributed by atoms with E-state index in [1.807, 2.05) is 48.5 Å². The van der Waals surface area contributed by atoms with Crippen LogP contribution in [0.3, 0.4) is 0 Å². The molecule has 6 heteroatoms. The Kier molecular flexibility index (Phi) is 2.47. The van der Waals surface area contributed by atoms with Gasteiger partial charge in [-0.25, -0.2) is 4.40 Å². The molecule has 0 spiro atoms. The van der Waals surface area contributed by atoms with Crippen molar-refractivity contribution in [2.24, 2.45) is 0 Å². The van der Waals surface area contributed by atoms with E-state index in [9.17, 15) is 4.79 Å². The van der Waals surface area contributed by atoms with Gasteiger partial charge < -0.3 is 5.32 Å². The molecule has 21 heavy (non-hydrogen) atoms. The second kappa shape index (κ2) is 4.45. The highest BCUT2D eigenvalue weighted by Gasteiger charge is 2.11. The second-order valence-corrected chi connectivity index (χ2v) is 4.64. The number of nitrogens with one attached hydrogen (secondary N) is 2. The Balaban J connectivity index is 1.99. The van der Waals surface area contributed by atoms with Crippen LogP contribution in [0.25, 0.3) is 16.7 Å². The average Bonchev–Trinajstić information content (AvgIpc) is 2.91. The Hall–Kier alpha value is -3.15. The summed E-state index contributed by atoms with van der Waals surface area (Å²) < 4.78 is 1.80. The third-order valence-corrected chi connectivity index (χ3v) is 3.31. The average molecular weight is 277 g/mol. The number of benzene rings is 2. The van der Waals surface area contributed by atoms with Crippen molar-refractivity contribution in [3.8, 4) is 0 Å². The molecular formula is C15H11N5O. The van der Waals surface area contributed by atoms with Crippen molar-refractivity contribution >= 4 is 28.3 Å². The van der Waals surface area contributed by atoms with E-state index in [-0.39, 0.29) is 5.56 Å². The summed E-state index contributed by atoms with van der Waals surface area (Å²) in [6.07, 6.45) is 0. The zero-order valence-electron chi connectivity index (χ0n) is 10.9. The second-order valence-electron chi connectivity index (χ2n) is 4.64. The van der Waals surface area contributed by atoms with Gasteiger partial charge in [-0.05, 0) is 24.3 Å². The molecule has 0 aliphatic carbocycles. The van der Waals surface area contributed by atoms with Gasteiger partial charge in [0.25, 0.3) is 5.56 Å². The summed E-state index contributed by atoms with van der Waals surface area (Å²) in [6.45, 7) is 0. The van der Waals surface area contributed by atoms with Gasteiger partial charge in [-0.2, -0.15) is 0 Å². The zero-order valence-corrected chi connectivity index (χ0v) is 10.9. The van der Waals surface area contributed by atoms with Crippen LogP contribution < -0.4 is 10.9 Å². The minimum atomic E-state index is -0.170. The lowest BCUT2D eigenvalue weighted by Crippen LogP contribution is -2.10. The Morgan fingerprint density at radius 3 is 2.57 bits per heavy atom. The van der Waals surface area contributed by atoms with Gasteiger partial charge >= 0.3 is 0 Å². The summed E-state index contributed by atoms with van der Waals surface area (Å²) >= 11 is 0. The molecule has 0 unspecified atom stereocenters. The van der Waals surface area contributed by atoms with Crippen LogP contribution in [0.4, 0.5) is 11.6 Å². The molecule has 4 aromatic rings. The molecule has 0 radical (unpaired) electrons. The maximum Gasteiger partial charge on any atom is 0.260 e. The maximum atomic E-state index is 12.0. The van der Waals surface area contributed by atoms with E-state index in [0.717, 1.165) is 11.2 Å². The number of nitrogens with zero attached hydrogens (tertiary/aromatic N) is 3. The molecule has 0 amide bonds. The third kappa shape index (κ3) is 1.85. The molecule has 102 valence electrons. The topological polar surface area (TPSA) is 75.1 Å². The van der Waals surface area contributed by atoms with Crippen molar-refractivity contribution in [3.05, 3.63) is 65.0 Å². The molecule has 2 aromatic heterocycles. The van der Waals surface area contributed by atoms with E-state index in [0.29, 0.717) is 17.1 Å². The lowest BCUT2D eigenvalue weighted by molar-refractivity contribution is 1.09. The van der Waals surface area contributed by atoms with Gasteiger partial charge in [-0.3, -0.25) is 9.78 Å². The van der Waals surface area contributed by atoms with E-state index in [1.54, 1.807) is 10.5 Å². The van der Waals surface area contributed by atoms with Crippen LogP contribution in [0, 0.1) is 0 Å². The predicted molar refractivity (Wildman–Crippen MR) is 80.8 cm³/mol. The van der Waals surface area contributed by atoms with E-state index in [4.69, 9.17) is 0 Å². The molecule has 0 aliphatic heterocycles. The highest BCUT2D eigenvalue weighted by molar-refractivity contribution is 5.81. The molecule has 0 atom stereocenters. The Labute approximate surface area is 119 Å². The first-order valence-electron chi connectivity index (χ1n) is 6.51. The molecule has 0 fully saturated rings. The number of H-pyrrole nitrogens is 1. The molecule has 6 nitrogen and oxygen atoms in total. The van der Waals surface area contributed by atoms with Crippen LogP contribution >= 0.6 is 0 Å². The molecule has 0 saturated carbocycles. The fourth-order valence-electron chi connectivity index (χ4n) is 2.35. The molecule has 4 rings (SSSR count). The van der Waals surface area contributed by atoms with Crippen LogP contribution in [0.5, 0.6) is 0 Å². The molecule has 2 aromatic carbocycles. The van der Waals surface area contributed by atoms with Crippen molar-refractivity contribution < 1.29 is 0 Å². The van der Waals surface area contributed by atoms with Crippen LogP contribution in [0.15, 0.2) is 59.4 Å². The van der Waals surface area contributed by atoms with Crippen molar-refractivity contribution in [1.29, 1.82) is 0 Å². The first-order chi connectivity index (χ1) is 10.3. The quantitative estimate of drug-likeness (QED) is 0.589. The Morgan fingerprint density at radius 2 is 1.71 bits per heavy atom. The van der Waals surface area contributed by atoms with Crippen LogP contribution in [0.2, 0.25) is 0 Å². The predicted octanol–water partition coefficient (Wildman–Crippen LogP) is 2.31. The first-order valence-corrected chi connectivity index (χ1v) is 6.51. The lowest BCUT2D eigenvalue weighted by Gasteiger charge is -2.06. The molecular weight excluding hydrogens is 266 g/mol. The number of aromatic nitrogens is 4. The number of anilines is 2. The van der Waals surface area contributed by atoms with Gasteiger partial charge in [0.05, 0.1) is 10.9 Å². The van der Waals surface area contributed by atoms with Crippen molar-refractivity contribution in [2.75, 3.05) is 5.32 Å². The van der Waals surface area contributed by atoms with Crippen molar-refractivity contribution in [1.82, 2.24) is 19.6 Å². The largest absolute Gasteiger partial charge is 0.324 e. The number of hydrogen-bond acceptors (Lipinski definition) is 4. The highest BCUT2D eigenvalue weighted by atomic mass is 16.1. The molecule has 0 bridgehead atoms. The highest BCUT2D eigenvalue weighted by Crippen LogP contribution is 2.18. The normalized spacial score (nSPS) is 11.0. The number of para-hydroxylation sites is 2. The lowest BCUT2D eigenvalue weighted by atomic mass is 10.2. The maximum absolute atomic E-state index is 12.0. The van der Waals surface area contributed by atoms with Crippen molar-refractivity contribution in [3.63, 3.8) is 0 Å². The number of aromatic amines is 1. The van der Waals surface area contributed by atoms with Crippen molar-refractivity contribution in [2.45, 2.75) is 0 Å². The van der Waals surface area contributed by atoms with E-state index in [1.165, 1.54) is 0 Å². The smallest absolute Gasteiger partial charge is 0.260 e. The molecule has 0 aliphatic rings. The van der Waals surface area contributed by atoms with E-state index >= 15 is 0 Å². The van der Waals surface area contributed by atoms with E-state index < -0.39 is 0 Å². The van der Waals surface area contributed by atoms with Gasteiger partial charge in [0, 0.05) is 5.69 Å². The van der Waals surface area contributed by atoms with Gasteiger partial charge in [0.1, 0.15) is 0 Å². The zero-order chi connectivity index (χ0) is 14.2. The Morgan fingerprint density at radius 1 is 0.952 bits per heavy atom. The van der Waals surface area contributed by atoms with Gasteiger partial charge in [0.15, 0.2) is 0 Å². The van der Waals surface area contributed by atoms with Gasteiger partial charge in [-0.15, -0.1) is 10.2 Å². The standard InChI is InChI=1S/C15H11N5O/c21-13-11-8-4-5-9-12(11)20-14(18-19-15(20)17-13)16-10-6-2-1-3-7-10/h1-9H,(H,16,18)(H,17,19,21). The number of rotatable bonds is 2. The molecule has 0 saturated heterocycles. The first kappa shape index (κ1) is 11.7. The summed E-state index contributed by atoms with van der Waals surface area (Å²) in [7, 11) is 0. The summed E-state index contributed by atoms with van der Waals surface area (Å²) in [5.74, 6) is 0.973. The summed E-state index contributed by atoms with van der Waals surface area (Å²) in [6, 6.07) is 17.1. The van der Waals surface area contributed by atoms with Crippen LogP contribution in [0.1, 0.15) is 0 Å². The van der Waals surface area contributed by atoms with Crippen LogP contribution in [-0.4, -0.2) is 19.6 Å². The van der Waals surface area contributed by atoms with E-state index in [2.05, 4.69) is 20.5 Å². The fourth-order valence-corrected chi connectivity index (χ4v) is 2.35. The third-order valence-electron chi connectivity index (χ3n) is 3.31. The summed E-state index contributed by atoms with van der Waals surface area (Å²) in [4.78, 5) is 14.7. The van der Waals surface area contributed by atoms with Gasteiger partial charge in [0.2, 0.25) is 11.7 Å². The monoisotopic (exact) mass is 277 g/mol. The molecule has 2 heterocycles. The summed E-state index contributed by atoms with van der Waals surface area (Å²) in [5, 5.41) is 11.9. The molecule has 2 N–H and O–H groups in total. The SMILES string of the molecule is O=c1[nH]c2nnc(Nc3ccccc3)n2c2ccccc12. The summed E-state index contributed by atoms with van der Waals surface area (Å²) in [5.41, 5.74) is 1.50. The minimum absolute atomic E-state index is 0.170. The fraction of sp³-hybridized carbons (Fsp3) is 0.